The molecule has 0 aliphatic carbocycles. The molecule has 0 N–H and O–H groups in total. The first-order chi connectivity index (χ1) is 7.27. The first-order valence-electron chi connectivity index (χ1n) is 5.14. The van der Waals surface area contributed by atoms with Gasteiger partial charge in [0.2, 0.25) is 0 Å². The van der Waals surface area contributed by atoms with E-state index in [1.54, 1.807) is 0 Å². The number of rotatable bonds is 10. The number of ether oxygens (including phenoxy) is 4. The van der Waals surface area contributed by atoms with Gasteiger partial charge >= 0.3 is 5.97 Å². The Labute approximate surface area is 90.6 Å². The van der Waals surface area contributed by atoms with Gasteiger partial charge in [-0.1, -0.05) is 0 Å². The molecule has 0 aliphatic heterocycles. The second kappa shape index (κ2) is 11.4. The van der Waals surface area contributed by atoms with E-state index in [0.29, 0.717) is 46.2 Å². The van der Waals surface area contributed by atoms with E-state index in [0.717, 1.165) is 0 Å². The van der Waals surface area contributed by atoms with Crippen molar-refractivity contribution in [3.63, 3.8) is 0 Å². The molecule has 0 radical (unpaired) electrons. The maximum absolute atomic E-state index is 10.4. The summed E-state index contributed by atoms with van der Waals surface area (Å²) in [5.41, 5.74) is 0. The second-order valence-electron chi connectivity index (χ2n) is 2.76. The van der Waals surface area contributed by atoms with Crippen LogP contribution in [0.5, 0.6) is 0 Å². The highest BCUT2D eigenvalue weighted by atomic mass is 16.6. The summed E-state index contributed by atoms with van der Waals surface area (Å²) in [4.78, 5) is 10.4. The van der Waals surface area contributed by atoms with Gasteiger partial charge in [-0.05, 0) is 6.92 Å². The van der Waals surface area contributed by atoms with Crippen LogP contribution >= 0.6 is 0 Å². The molecule has 0 aromatic carbocycles. The molecule has 5 heteroatoms. The first kappa shape index (κ1) is 14.3. The molecule has 0 aliphatic rings. The third-order valence-corrected chi connectivity index (χ3v) is 1.48. The summed E-state index contributed by atoms with van der Waals surface area (Å²) in [5, 5.41) is 0. The van der Waals surface area contributed by atoms with E-state index in [9.17, 15) is 4.79 Å². The summed E-state index contributed by atoms with van der Waals surface area (Å²) >= 11 is 0. The maximum atomic E-state index is 10.4. The Balaban J connectivity index is 2.89. The van der Waals surface area contributed by atoms with Crippen LogP contribution in [0.1, 0.15) is 13.8 Å². The van der Waals surface area contributed by atoms with Gasteiger partial charge in [0, 0.05) is 13.5 Å². The highest BCUT2D eigenvalue weighted by Crippen LogP contribution is 1.82. The summed E-state index contributed by atoms with van der Waals surface area (Å²) in [5.74, 6) is -0.286. The fourth-order valence-electron chi connectivity index (χ4n) is 0.828. The second-order valence-corrected chi connectivity index (χ2v) is 2.76. The molecule has 15 heavy (non-hydrogen) atoms. The molecule has 0 heterocycles. The van der Waals surface area contributed by atoms with Crippen LogP contribution < -0.4 is 0 Å². The fourth-order valence-corrected chi connectivity index (χ4v) is 0.828. The topological polar surface area (TPSA) is 54.0 Å². The molecule has 0 aromatic heterocycles. The van der Waals surface area contributed by atoms with Gasteiger partial charge in [0.05, 0.1) is 33.0 Å². The zero-order valence-electron chi connectivity index (χ0n) is 9.49. The minimum absolute atomic E-state index is 0.286. The first-order valence-corrected chi connectivity index (χ1v) is 5.14. The lowest BCUT2D eigenvalue weighted by Gasteiger charge is -2.05. The summed E-state index contributed by atoms with van der Waals surface area (Å²) < 4.78 is 20.1. The Kier molecular flexibility index (Phi) is 10.9. The SMILES string of the molecule is CCOCCOCCOCCOC(C)=O. The molecule has 5 nitrogen and oxygen atoms in total. The van der Waals surface area contributed by atoms with Gasteiger partial charge in [-0.25, -0.2) is 0 Å². The molecule has 0 saturated carbocycles. The van der Waals surface area contributed by atoms with Crippen LogP contribution in [0, 0.1) is 0 Å². The largest absolute Gasteiger partial charge is 0.463 e. The lowest BCUT2D eigenvalue weighted by atomic mass is 10.7. The van der Waals surface area contributed by atoms with Gasteiger partial charge < -0.3 is 18.9 Å². The van der Waals surface area contributed by atoms with Crippen molar-refractivity contribution in [2.24, 2.45) is 0 Å². The van der Waals surface area contributed by atoms with E-state index >= 15 is 0 Å². The smallest absolute Gasteiger partial charge is 0.302 e. The van der Waals surface area contributed by atoms with E-state index in [4.69, 9.17) is 14.2 Å². The average Bonchev–Trinajstić information content (AvgIpc) is 2.20. The van der Waals surface area contributed by atoms with Gasteiger partial charge in [0.1, 0.15) is 6.61 Å². The van der Waals surface area contributed by atoms with E-state index < -0.39 is 0 Å². The Morgan fingerprint density at radius 1 is 0.867 bits per heavy atom. The molecule has 0 saturated heterocycles. The van der Waals surface area contributed by atoms with E-state index in [2.05, 4.69) is 4.74 Å². The number of hydrogen-bond acceptors (Lipinski definition) is 5. The Bertz CT molecular complexity index is 149. The van der Waals surface area contributed by atoms with Crippen LogP contribution in [-0.4, -0.2) is 52.2 Å². The third kappa shape index (κ3) is 13.3. The summed E-state index contributed by atoms with van der Waals surface area (Å²) in [7, 11) is 0. The quantitative estimate of drug-likeness (QED) is 0.399. The molecule has 0 fully saturated rings. The van der Waals surface area contributed by atoms with Crippen molar-refractivity contribution < 1.29 is 23.7 Å². The Hall–Kier alpha value is -0.650. The molecule has 0 aromatic rings. The Morgan fingerprint density at radius 3 is 1.80 bits per heavy atom. The monoisotopic (exact) mass is 220 g/mol. The molecule has 0 unspecified atom stereocenters. The molecular formula is C10H20O5. The molecule has 0 bridgehead atoms. The Morgan fingerprint density at radius 2 is 1.33 bits per heavy atom. The lowest BCUT2D eigenvalue weighted by molar-refractivity contribution is -0.142. The van der Waals surface area contributed by atoms with Crippen LogP contribution in [0.3, 0.4) is 0 Å². The van der Waals surface area contributed by atoms with Crippen LogP contribution in [-0.2, 0) is 23.7 Å². The van der Waals surface area contributed by atoms with Crippen LogP contribution in [0.25, 0.3) is 0 Å². The van der Waals surface area contributed by atoms with Crippen molar-refractivity contribution in [1.29, 1.82) is 0 Å². The standard InChI is InChI=1S/C10H20O5/c1-3-12-4-5-13-6-7-14-8-9-15-10(2)11/h3-9H2,1-2H3. The van der Waals surface area contributed by atoms with Crippen molar-refractivity contribution in [3.05, 3.63) is 0 Å². The van der Waals surface area contributed by atoms with E-state index in [1.165, 1.54) is 6.92 Å². The van der Waals surface area contributed by atoms with E-state index in [-0.39, 0.29) is 5.97 Å². The minimum atomic E-state index is -0.286. The molecular weight excluding hydrogens is 200 g/mol. The average molecular weight is 220 g/mol. The highest BCUT2D eigenvalue weighted by molar-refractivity contribution is 5.65. The molecule has 0 atom stereocenters. The van der Waals surface area contributed by atoms with Gasteiger partial charge in [0.15, 0.2) is 0 Å². The predicted molar refractivity (Wildman–Crippen MR) is 54.8 cm³/mol. The third-order valence-electron chi connectivity index (χ3n) is 1.48. The zero-order chi connectivity index (χ0) is 11.4. The van der Waals surface area contributed by atoms with E-state index in [1.807, 2.05) is 6.92 Å². The van der Waals surface area contributed by atoms with Gasteiger partial charge in [-0.3, -0.25) is 4.79 Å². The van der Waals surface area contributed by atoms with Gasteiger partial charge in [-0.2, -0.15) is 0 Å². The van der Waals surface area contributed by atoms with Crippen molar-refractivity contribution >= 4 is 5.97 Å². The molecule has 90 valence electrons. The highest BCUT2D eigenvalue weighted by Gasteiger charge is 1.93. The predicted octanol–water partition coefficient (Wildman–Crippen LogP) is 0.619. The fraction of sp³-hybridized carbons (Fsp3) is 0.900. The minimum Gasteiger partial charge on any atom is -0.463 e. The lowest BCUT2D eigenvalue weighted by Crippen LogP contribution is -2.12. The maximum Gasteiger partial charge on any atom is 0.302 e. The normalized spacial score (nSPS) is 10.3. The van der Waals surface area contributed by atoms with Gasteiger partial charge in [-0.15, -0.1) is 0 Å². The number of carbonyl (C=O) groups is 1. The van der Waals surface area contributed by atoms with Crippen molar-refractivity contribution in [1.82, 2.24) is 0 Å². The summed E-state index contributed by atoms with van der Waals surface area (Å²) in [6.45, 7) is 6.98. The number of esters is 1. The molecule has 0 rings (SSSR count). The summed E-state index contributed by atoms with van der Waals surface area (Å²) in [6.07, 6.45) is 0. The number of hydrogen-bond donors (Lipinski definition) is 0. The zero-order valence-corrected chi connectivity index (χ0v) is 9.49. The molecule has 0 amide bonds. The number of carbonyl (C=O) groups excluding carboxylic acids is 1. The van der Waals surface area contributed by atoms with Crippen molar-refractivity contribution in [2.45, 2.75) is 13.8 Å². The van der Waals surface area contributed by atoms with Crippen LogP contribution in [0.2, 0.25) is 0 Å². The summed E-state index contributed by atoms with van der Waals surface area (Å²) in [6, 6.07) is 0. The van der Waals surface area contributed by atoms with Crippen LogP contribution in [0.4, 0.5) is 0 Å². The van der Waals surface area contributed by atoms with Crippen molar-refractivity contribution in [3.8, 4) is 0 Å². The molecule has 0 spiro atoms. The van der Waals surface area contributed by atoms with Crippen molar-refractivity contribution in [2.75, 3.05) is 46.2 Å². The van der Waals surface area contributed by atoms with Gasteiger partial charge in [0.25, 0.3) is 0 Å². The van der Waals surface area contributed by atoms with Crippen LogP contribution in [0.15, 0.2) is 0 Å².